The molecule has 1 aromatic rings. The van der Waals surface area contributed by atoms with Gasteiger partial charge in [-0.2, -0.15) is 0 Å². The second-order valence-corrected chi connectivity index (χ2v) is 6.54. The Morgan fingerprint density at radius 1 is 1.16 bits per heavy atom. The molecule has 1 N–H and O–H groups in total. The Labute approximate surface area is 118 Å². The van der Waals surface area contributed by atoms with E-state index in [2.05, 4.69) is 45.1 Å². The predicted molar refractivity (Wildman–Crippen MR) is 82.8 cm³/mol. The summed E-state index contributed by atoms with van der Waals surface area (Å²) >= 11 is 0. The zero-order valence-electron chi connectivity index (χ0n) is 13.1. The fraction of sp³-hybridized carbons (Fsp3) is 0.647. The minimum Gasteiger partial charge on any atom is -0.497 e. The van der Waals surface area contributed by atoms with Crippen molar-refractivity contribution in [1.82, 2.24) is 5.32 Å². The monoisotopic (exact) mass is 263 g/mol. The summed E-state index contributed by atoms with van der Waals surface area (Å²) in [7, 11) is 1.71. The molecular formula is C17H29NO. The third kappa shape index (κ3) is 6.63. The molecule has 0 fully saturated rings. The Hall–Kier alpha value is -1.02. The van der Waals surface area contributed by atoms with Crippen LogP contribution in [0.15, 0.2) is 24.3 Å². The van der Waals surface area contributed by atoms with Gasteiger partial charge in [-0.15, -0.1) is 0 Å². The number of aryl methyl sites for hydroxylation is 1. The van der Waals surface area contributed by atoms with Crippen molar-refractivity contribution in [3.8, 4) is 5.75 Å². The van der Waals surface area contributed by atoms with E-state index in [0.29, 0.717) is 5.41 Å². The molecule has 1 aromatic carbocycles. The minimum atomic E-state index is 0.342. The van der Waals surface area contributed by atoms with E-state index < -0.39 is 0 Å². The molecule has 0 spiro atoms. The first-order chi connectivity index (χ1) is 8.93. The van der Waals surface area contributed by atoms with Crippen LogP contribution < -0.4 is 10.1 Å². The Kier molecular flexibility index (Phi) is 6.36. The van der Waals surface area contributed by atoms with Crippen molar-refractivity contribution in [3.63, 3.8) is 0 Å². The Morgan fingerprint density at radius 3 is 2.32 bits per heavy atom. The quantitative estimate of drug-likeness (QED) is 0.768. The van der Waals surface area contributed by atoms with Gasteiger partial charge in [0.25, 0.3) is 0 Å². The van der Waals surface area contributed by atoms with E-state index in [0.717, 1.165) is 31.2 Å². The van der Waals surface area contributed by atoms with E-state index in [-0.39, 0.29) is 0 Å². The highest BCUT2D eigenvalue weighted by atomic mass is 16.5. The lowest BCUT2D eigenvalue weighted by Crippen LogP contribution is -2.32. The van der Waals surface area contributed by atoms with E-state index in [1.807, 2.05) is 12.1 Å². The van der Waals surface area contributed by atoms with Gasteiger partial charge in [-0.25, -0.2) is 0 Å². The maximum atomic E-state index is 5.18. The van der Waals surface area contributed by atoms with Crippen molar-refractivity contribution in [3.05, 3.63) is 29.8 Å². The van der Waals surface area contributed by atoms with Gasteiger partial charge >= 0.3 is 0 Å². The molecule has 0 aliphatic carbocycles. The van der Waals surface area contributed by atoms with Crippen LogP contribution in [-0.4, -0.2) is 20.2 Å². The van der Waals surface area contributed by atoms with Crippen molar-refractivity contribution >= 4 is 0 Å². The number of methoxy groups -OCH3 is 1. The molecular weight excluding hydrogens is 234 g/mol. The maximum absolute atomic E-state index is 5.18. The summed E-state index contributed by atoms with van der Waals surface area (Å²) in [4.78, 5) is 0. The largest absolute Gasteiger partial charge is 0.497 e. The summed E-state index contributed by atoms with van der Waals surface area (Å²) in [5, 5.41) is 3.56. The average molecular weight is 263 g/mol. The third-order valence-corrected chi connectivity index (χ3v) is 3.41. The molecule has 108 valence electrons. The van der Waals surface area contributed by atoms with E-state index in [9.17, 15) is 0 Å². The molecule has 0 bridgehead atoms. The lowest BCUT2D eigenvalue weighted by Gasteiger charge is -2.25. The van der Waals surface area contributed by atoms with Gasteiger partial charge in [0.1, 0.15) is 5.75 Å². The number of ether oxygens (including phenoxy) is 1. The van der Waals surface area contributed by atoms with Gasteiger partial charge in [0, 0.05) is 6.54 Å². The number of rotatable bonds is 8. The molecule has 0 atom stereocenters. The van der Waals surface area contributed by atoms with Crippen molar-refractivity contribution in [2.75, 3.05) is 20.2 Å². The van der Waals surface area contributed by atoms with E-state index in [4.69, 9.17) is 4.74 Å². The fourth-order valence-corrected chi connectivity index (χ4v) is 2.06. The van der Waals surface area contributed by atoms with Crippen LogP contribution in [0.5, 0.6) is 5.75 Å². The summed E-state index contributed by atoms with van der Waals surface area (Å²) in [6.45, 7) is 11.4. The molecule has 0 radical (unpaired) electrons. The molecule has 2 heteroatoms. The molecule has 2 nitrogen and oxygen atoms in total. The van der Waals surface area contributed by atoms with Crippen molar-refractivity contribution in [2.24, 2.45) is 11.3 Å². The zero-order valence-corrected chi connectivity index (χ0v) is 13.1. The van der Waals surface area contributed by atoms with Crippen LogP contribution in [0, 0.1) is 11.3 Å². The molecule has 1 rings (SSSR count). The minimum absolute atomic E-state index is 0.342. The average Bonchev–Trinajstić information content (AvgIpc) is 2.36. The van der Waals surface area contributed by atoms with Crippen LogP contribution in [-0.2, 0) is 6.42 Å². The van der Waals surface area contributed by atoms with Crippen molar-refractivity contribution in [2.45, 2.75) is 40.5 Å². The molecule has 19 heavy (non-hydrogen) atoms. The normalized spacial score (nSPS) is 11.9. The zero-order chi connectivity index (χ0) is 14.3. The summed E-state index contributed by atoms with van der Waals surface area (Å²) in [6.07, 6.45) is 2.32. The summed E-state index contributed by atoms with van der Waals surface area (Å²) in [5.74, 6) is 1.65. The first-order valence-corrected chi connectivity index (χ1v) is 7.26. The highest BCUT2D eigenvalue weighted by molar-refractivity contribution is 5.27. The number of nitrogens with one attached hydrogen (secondary N) is 1. The highest BCUT2D eigenvalue weighted by Crippen LogP contribution is 2.23. The third-order valence-electron chi connectivity index (χ3n) is 3.41. The van der Waals surface area contributed by atoms with E-state index in [1.54, 1.807) is 7.11 Å². The first-order valence-electron chi connectivity index (χ1n) is 7.26. The van der Waals surface area contributed by atoms with Crippen molar-refractivity contribution < 1.29 is 4.74 Å². The maximum Gasteiger partial charge on any atom is 0.118 e. The standard InChI is InChI=1S/C17H29NO/c1-14(2)12-18-13-17(3,4)11-10-15-6-8-16(19-5)9-7-15/h6-9,14,18H,10-13H2,1-5H3. The molecule has 0 saturated carbocycles. The van der Waals surface area contributed by atoms with Crippen LogP contribution in [0.25, 0.3) is 0 Å². The molecule has 0 unspecified atom stereocenters. The second-order valence-electron chi connectivity index (χ2n) is 6.54. The lowest BCUT2D eigenvalue weighted by atomic mass is 9.86. The molecule has 0 aromatic heterocycles. The number of hydrogen-bond acceptors (Lipinski definition) is 2. The lowest BCUT2D eigenvalue weighted by molar-refractivity contribution is 0.308. The SMILES string of the molecule is COc1ccc(CCC(C)(C)CNCC(C)C)cc1. The van der Waals surface area contributed by atoms with Gasteiger partial charge in [0.05, 0.1) is 7.11 Å². The first kappa shape index (κ1) is 16.0. The van der Waals surface area contributed by atoms with Crippen LogP contribution >= 0.6 is 0 Å². The van der Waals surface area contributed by atoms with Gasteiger partial charge in [0.2, 0.25) is 0 Å². The number of benzene rings is 1. The Bertz CT molecular complexity index is 354. The molecule has 0 aliphatic rings. The van der Waals surface area contributed by atoms with Gasteiger partial charge in [0.15, 0.2) is 0 Å². The molecule has 0 aliphatic heterocycles. The predicted octanol–water partition coefficient (Wildman–Crippen LogP) is 3.90. The molecule has 0 amide bonds. The number of hydrogen-bond donors (Lipinski definition) is 1. The Balaban J connectivity index is 2.36. The Morgan fingerprint density at radius 2 is 1.79 bits per heavy atom. The van der Waals surface area contributed by atoms with Gasteiger partial charge < -0.3 is 10.1 Å². The van der Waals surface area contributed by atoms with Crippen LogP contribution in [0.4, 0.5) is 0 Å². The van der Waals surface area contributed by atoms with Gasteiger partial charge in [-0.1, -0.05) is 39.8 Å². The topological polar surface area (TPSA) is 21.3 Å². The van der Waals surface area contributed by atoms with Gasteiger partial charge in [-0.3, -0.25) is 0 Å². The fourth-order valence-electron chi connectivity index (χ4n) is 2.06. The van der Waals surface area contributed by atoms with Crippen LogP contribution in [0.3, 0.4) is 0 Å². The second kappa shape index (κ2) is 7.54. The van der Waals surface area contributed by atoms with Gasteiger partial charge in [-0.05, 0) is 48.4 Å². The summed E-state index contributed by atoms with van der Waals surface area (Å²) in [6, 6.07) is 8.41. The van der Waals surface area contributed by atoms with E-state index in [1.165, 1.54) is 12.0 Å². The van der Waals surface area contributed by atoms with E-state index >= 15 is 0 Å². The van der Waals surface area contributed by atoms with Crippen LogP contribution in [0.1, 0.15) is 39.7 Å². The molecule has 0 heterocycles. The summed E-state index contributed by atoms with van der Waals surface area (Å²) < 4.78 is 5.18. The molecule has 0 saturated heterocycles. The van der Waals surface area contributed by atoms with Crippen LogP contribution in [0.2, 0.25) is 0 Å². The summed E-state index contributed by atoms with van der Waals surface area (Å²) in [5.41, 5.74) is 1.73. The van der Waals surface area contributed by atoms with Crippen molar-refractivity contribution in [1.29, 1.82) is 0 Å². The smallest absolute Gasteiger partial charge is 0.118 e. The highest BCUT2D eigenvalue weighted by Gasteiger charge is 2.17.